The fourth-order valence-corrected chi connectivity index (χ4v) is 6.16. The lowest BCUT2D eigenvalue weighted by Crippen LogP contribution is -2.58. The van der Waals surface area contributed by atoms with Crippen molar-refractivity contribution in [1.29, 1.82) is 0 Å². The van der Waals surface area contributed by atoms with Gasteiger partial charge in [0.25, 0.3) is 0 Å². The fourth-order valence-electron chi connectivity index (χ4n) is 6.16. The summed E-state index contributed by atoms with van der Waals surface area (Å²) in [6.45, 7) is 11.4. The number of terminal acetylenes is 1. The minimum Gasteiger partial charge on any atom is -0.507 e. The predicted octanol–water partition coefficient (Wildman–Crippen LogP) is 6.60. The van der Waals surface area contributed by atoms with Crippen LogP contribution in [0.4, 0.5) is 0 Å². The van der Waals surface area contributed by atoms with Crippen LogP contribution in [-0.4, -0.2) is 48.8 Å². The second kappa shape index (κ2) is 12.6. The van der Waals surface area contributed by atoms with Crippen molar-refractivity contribution in [1.82, 2.24) is 0 Å². The number of hydrogen-bond donors (Lipinski definition) is 2. The third-order valence-corrected chi connectivity index (χ3v) is 8.60. The number of ether oxygens (including phenoxy) is 4. The maximum Gasteiger partial charge on any atom is 0.165 e. The normalized spacial score (nSPS) is 22.7. The number of benzene rings is 2. The maximum absolute atomic E-state index is 10.9. The maximum atomic E-state index is 10.9. The van der Waals surface area contributed by atoms with Crippen LogP contribution in [0.25, 0.3) is 12.2 Å². The Bertz CT molecular complexity index is 1340. The van der Waals surface area contributed by atoms with Crippen molar-refractivity contribution in [2.75, 3.05) is 26.9 Å². The lowest BCUT2D eigenvalue weighted by atomic mass is 9.57. The topological polar surface area (TPSA) is 77.4 Å². The summed E-state index contributed by atoms with van der Waals surface area (Å²) in [7, 11) is 1.66. The first-order chi connectivity index (χ1) is 19.5. The highest BCUT2D eigenvalue weighted by molar-refractivity contribution is 5.74. The number of aromatic hydroxyl groups is 1. The standard InChI is InChI=1S/C35H44O6/c1-8-15-39-16-17-40-29-20-25(19-28(36)27(29)12-9-23(2)3)11-10-24-18-26-22-31-34(4,5)32(37)13-14-35(31,6)41-33(26)30(21-24)38-7/h1,9-11,18-21,31-32,36-37H,12-17,22H2,2-7H3/b11-10+/t31-,32-,35-/m1/s1. The molecule has 2 aromatic rings. The Hall–Kier alpha value is -3.40. The van der Waals surface area contributed by atoms with Gasteiger partial charge in [0, 0.05) is 11.5 Å². The highest BCUT2D eigenvalue weighted by Crippen LogP contribution is 2.55. The van der Waals surface area contributed by atoms with Gasteiger partial charge in [-0.1, -0.05) is 43.6 Å². The van der Waals surface area contributed by atoms with Gasteiger partial charge < -0.3 is 29.2 Å². The first-order valence-corrected chi connectivity index (χ1v) is 14.4. The van der Waals surface area contributed by atoms with Crippen LogP contribution in [0.3, 0.4) is 0 Å². The molecule has 6 heteroatoms. The van der Waals surface area contributed by atoms with E-state index in [0.29, 0.717) is 31.1 Å². The molecule has 1 aliphatic carbocycles. The number of rotatable bonds is 10. The molecule has 1 aliphatic heterocycles. The van der Waals surface area contributed by atoms with Gasteiger partial charge in [0.05, 0.1) is 19.8 Å². The molecule has 3 atom stereocenters. The molecular formula is C35H44O6. The third-order valence-electron chi connectivity index (χ3n) is 8.60. The van der Waals surface area contributed by atoms with Crippen LogP contribution in [0.1, 0.15) is 69.7 Å². The summed E-state index contributed by atoms with van der Waals surface area (Å²) in [6, 6.07) is 7.80. The van der Waals surface area contributed by atoms with Crippen LogP contribution in [0.2, 0.25) is 0 Å². The third kappa shape index (κ3) is 6.74. The smallest absolute Gasteiger partial charge is 0.165 e. The molecule has 1 heterocycles. The zero-order chi connectivity index (χ0) is 29.8. The molecule has 41 heavy (non-hydrogen) atoms. The van der Waals surface area contributed by atoms with Crippen molar-refractivity contribution in [2.45, 2.75) is 72.0 Å². The Morgan fingerprint density at radius 2 is 1.80 bits per heavy atom. The van der Waals surface area contributed by atoms with E-state index in [-0.39, 0.29) is 35.4 Å². The number of aliphatic hydroxyl groups is 1. The van der Waals surface area contributed by atoms with Gasteiger partial charge in [-0.05, 0) is 92.8 Å². The molecule has 1 fully saturated rings. The summed E-state index contributed by atoms with van der Waals surface area (Å²) >= 11 is 0. The van der Waals surface area contributed by atoms with Crippen molar-refractivity contribution in [2.24, 2.45) is 11.3 Å². The van der Waals surface area contributed by atoms with E-state index in [2.05, 4.69) is 38.8 Å². The lowest BCUT2D eigenvalue weighted by molar-refractivity contribution is -0.138. The van der Waals surface area contributed by atoms with E-state index in [0.717, 1.165) is 52.8 Å². The molecule has 2 N–H and O–H groups in total. The van der Waals surface area contributed by atoms with Crippen molar-refractivity contribution in [3.63, 3.8) is 0 Å². The highest BCUT2D eigenvalue weighted by atomic mass is 16.5. The number of aliphatic hydroxyl groups excluding tert-OH is 1. The Morgan fingerprint density at radius 1 is 1.10 bits per heavy atom. The molecule has 0 aromatic heterocycles. The van der Waals surface area contributed by atoms with Crippen LogP contribution < -0.4 is 14.2 Å². The number of phenols is 1. The number of phenolic OH excluding ortho intramolecular Hbond substituents is 1. The Balaban J connectivity index is 1.63. The molecule has 0 saturated heterocycles. The average Bonchev–Trinajstić information content (AvgIpc) is 2.92. The molecule has 2 aliphatic rings. The lowest BCUT2D eigenvalue weighted by Gasteiger charge is -2.55. The van der Waals surface area contributed by atoms with Crippen LogP contribution in [0.15, 0.2) is 35.9 Å². The molecule has 6 nitrogen and oxygen atoms in total. The minimum atomic E-state index is -0.358. The minimum absolute atomic E-state index is 0.171. The summed E-state index contributed by atoms with van der Waals surface area (Å²) in [6.07, 6.45) is 13.8. The second-order valence-electron chi connectivity index (χ2n) is 12.2. The summed E-state index contributed by atoms with van der Waals surface area (Å²) in [5.74, 6) is 4.90. The summed E-state index contributed by atoms with van der Waals surface area (Å²) < 4.78 is 23.8. The fraction of sp³-hybridized carbons (Fsp3) is 0.486. The van der Waals surface area contributed by atoms with Crippen LogP contribution >= 0.6 is 0 Å². The van der Waals surface area contributed by atoms with Crippen molar-refractivity contribution in [3.05, 3.63) is 58.2 Å². The number of hydrogen-bond acceptors (Lipinski definition) is 6. The van der Waals surface area contributed by atoms with Crippen molar-refractivity contribution in [3.8, 4) is 35.3 Å². The van der Waals surface area contributed by atoms with Crippen LogP contribution in [0, 0.1) is 23.7 Å². The quantitative estimate of drug-likeness (QED) is 0.148. The van der Waals surface area contributed by atoms with Gasteiger partial charge in [0.15, 0.2) is 11.5 Å². The van der Waals surface area contributed by atoms with Gasteiger partial charge in [0.2, 0.25) is 0 Å². The monoisotopic (exact) mass is 560 g/mol. The summed E-state index contributed by atoms with van der Waals surface area (Å²) in [5, 5.41) is 21.7. The molecular weight excluding hydrogens is 516 g/mol. The van der Waals surface area contributed by atoms with Gasteiger partial charge in [0.1, 0.15) is 30.3 Å². The summed E-state index contributed by atoms with van der Waals surface area (Å²) in [5.41, 5.74) is 4.11. The molecule has 0 bridgehead atoms. The molecule has 0 radical (unpaired) electrons. The van der Waals surface area contributed by atoms with E-state index in [1.165, 1.54) is 0 Å². The molecule has 0 unspecified atom stereocenters. The molecule has 0 amide bonds. The Morgan fingerprint density at radius 3 is 2.49 bits per heavy atom. The largest absolute Gasteiger partial charge is 0.507 e. The van der Waals surface area contributed by atoms with Crippen molar-refractivity contribution >= 4 is 12.2 Å². The number of methoxy groups -OCH3 is 1. The van der Waals surface area contributed by atoms with E-state index >= 15 is 0 Å². The second-order valence-corrected chi connectivity index (χ2v) is 12.2. The van der Waals surface area contributed by atoms with E-state index in [1.54, 1.807) is 13.2 Å². The average molecular weight is 561 g/mol. The first-order valence-electron chi connectivity index (χ1n) is 14.4. The van der Waals surface area contributed by atoms with Gasteiger partial charge in [-0.15, -0.1) is 6.42 Å². The zero-order valence-corrected chi connectivity index (χ0v) is 25.3. The van der Waals surface area contributed by atoms with Gasteiger partial charge in [-0.2, -0.15) is 0 Å². The molecule has 4 rings (SSSR count). The van der Waals surface area contributed by atoms with E-state index < -0.39 is 0 Å². The van der Waals surface area contributed by atoms with Gasteiger partial charge in [-0.25, -0.2) is 0 Å². The Kier molecular flexibility index (Phi) is 9.41. The predicted molar refractivity (Wildman–Crippen MR) is 164 cm³/mol. The van der Waals surface area contributed by atoms with Crippen LogP contribution in [-0.2, 0) is 17.6 Å². The number of allylic oxidation sites excluding steroid dienone is 2. The molecule has 1 saturated carbocycles. The first kappa shape index (κ1) is 30.6. The van der Waals surface area contributed by atoms with Gasteiger partial charge in [-0.3, -0.25) is 0 Å². The number of fused-ring (bicyclic) bond motifs is 2. The Labute approximate surface area is 245 Å². The molecule has 220 valence electrons. The van der Waals surface area contributed by atoms with Gasteiger partial charge >= 0.3 is 0 Å². The molecule has 2 aromatic carbocycles. The van der Waals surface area contributed by atoms with E-state index in [1.807, 2.05) is 38.1 Å². The molecule has 0 spiro atoms. The summed E-state index contributed by atoms with van der Waals surface area (Å²) in [4.78, 5) is 0. The van der Waals surface area contributed by atoms with Crippen molar-refractivity contribution < 1.29 is 29.2 Å². The van der Waals surface area contributed by atoms with E-state index in [4.69, 9.17) is 25.4 Å². The highest BCUT2D eigenvalue weighted by Gasteiger charge is 2.54. The zero-order valence-electron chi connectivity index (χ0n) is 25.3. The van der Waals surface area contributed by atoms with E-state index in [9.17, 15) is 10.2 Å². The van der Waals surface area contributed by atoms with Crippen LogP contribution in [0.5, 0.6) is 23.0 Å². The SMILES string of the molecule is C#CCOCCOc1cc(/C=C/c2cc3c(c(OC)c2)O[C@]2(C)CC[C@@H](O)C(C)(C)[C@H]2C3)cc(O)c1CC=C(C)C.